The van der Waals surface area contributed by atoms with Gasteiger partial charge in [0.2, 0.25) is 26.0 Å². The summed E-state index contributed by atoms with van der Waals surface area (Å²) in [5, 5.41) is 5.06. The van der Waals surface area contributed by atoms with Crippen molar-refractivity contribution in [2.75, 3.05) is 29.4 Å². The van der Waals surface area contributed by atoms with Gasteiger partial charge in [-0.05, 0) is 49.2 Å². The Balaban J connectivity index is 2.11. The Morgan fingerprint density at radius 1 is 0.938 bits per heavy atom. The molecule has 0 saturated carbocycles. The largest absolute Gasteiger partial charge is 0.351 e. The molecule has 12 heteroatoms. The first-order chi connectivity index (χ1) is 14.8. The summed E-state index contributed by atoms with van der Waals surface area (Å²) in [7, 11) is -7.43. The monoisotopic (exact) mass is 482 g/mol. The van der Waals surface area contributed by atoms with Crippen molar-refractivity contribution in [3.8, 4) is 0 Å². The van der Waals surface area contributed by atoms with Gasteiger partial charge in [0.15, 0.2) is 0 Å². The predicted octanol–water partition coefficient (Wildman–Crippen LogP) is 1.34. The lowest BCUT2D eigenvalue weighted by Gasteiger charge is -2.14. The van der Waals surface area contributed by atoms with E-state index in [0.717, 1.165) is 11.8 Å². The minimum atomic E-state index is -3.77. The number of nitrogens with one attached hydrogen (secondary N) is 4. The zero-order chi connectivity index (χ0) is 24.1. The third kappa shape index (κ3) is 7.32. The Morgan fingerprint density at radius 3 is 2.25 bits per heavy atom. The normalized spacial score (nSPS) is 11.6. The van der Waals surface area contributed by atoms with Crippen LogP contribution in [0.3, 0.4) is 0 Å². The van der Waals surface area contributed by atoms with Gasteiger partial charge in [-0.2, -0.15) is 0 Å². The molecule has 10 nitrogen and oxygen atoms in total. The van der Waals surface area contributed by atoms with Crippen molar-refractivity contribution in [2.24, 2.45) is 0 Å². The van der Waals surface area contributed by atoms with Crippen LogP contribution in [0.2, 0.25) is 0 Å². The molecule has 0 atom stereocenters. The van der Waals surface area contributed by atoms with E-state index in [0.29, 0.717) is 11.3 Å². The number of amides is 2. The minimum Gasteiger partial charge on any atom is -0.351 e. The van der Waals surface area contributed by atoms with Gasteiger partial charge in [0.25, 0.3) is 5.91 Å². The van der Waals surface area contributed by atoms with Crippen molar-refractivity contribution in [1.82, 2.24) is 10.0 Å². The Bertz CT molecular complexity index is 1240. The van der Waals surface area contributed by atoms with Gasteiger partial charge >= 0.3 is 0 Å². The second-order valence-corrected chi connectivity index (χ2v) is 10.7. The molecular formula is C20H26N4O6S2. The van der Waals surface area contributed by atoms with Crippen LogP contribution in [0.4, 0.5) is 11.4 Å². The number of hydrogen-bond donors (Lipinski definition) is 4. The standard InChI is InChI=1S/C20H26N4O6S2/c1-13-5-6-14(2)19(11-13)32(29,30)22-10-9-21-20(26)17-12-16(23-15(3)25)7-8-18(17)24-31(4,27)28/h5-8,11-12,22,24H,9-10H2,1-4H3,(H,21,26)(H,23,25). The molecule has 0 heterocycles. The maximum atomic E-state index is 12.6. The summed E-state index contributed by atoms with van der Waals surface area (Å²) in [4.78, 5) is 24.1. The molecule has 2 rings (SSSR count). The van der Waals surface area contributed by atoms with Crippen LogP contribution in [0.1, 0.15) is 28.4 Å². The summed E-state index contributed by atoms with van der Waals surface area (Å²) >= 11 is 0. The molecule has 0 radical (unpaired) electrons. The Hall–Kier alpha value is -2.96. The van der Waals surface area contributed by atoms with Crippen LogP contribution in [-0.4, -0.2) is 48.0 Å². The summed E-state index contributed by atoms with van der Waals surface area (Å²) in [6, 6.07) is 9.21. The predicted molar refractivity (Wildman–Crippen MR) is 123 cm³/mol. The maximum Gasteiger partial charge on any atom is 0.253 e. The highest BCUT2D eigenvalue weighted by molar-refractivity contribution is 7.92. The van der Waals surface area contributed by atoms with Gasteiger partial charge in [-0.3, -0.25) is 14.3 Å². The lowest BCUT2D eigenvalue weighted by Crippen LogP contribution is -2.35. The van der Waals surface area contributed by atoms with Gasteiger partial charge in [-0.15, -0.1) is 0 Å². The third-order valence-corrected chi connectivity index (χ3v) is 6.41. The van der Waals surface area contributed by atoms with E-state index in [1.807, 2.05) is 6.07 Å². The summed E-state index contributed by atoms with van der Waals surface area (Å²) < 4.78 is 53.0. The zero-order valence-corrected chi connectivity index (χ0v) is 19.8. The van der Waals surface area contributed by atoms with Gasteiger partial charge < -0.3 is 10.6 Å². The van der Waals surface area contributed by atoms with Crippen molar-refractivity contribution in [3.05, 3.63) is 53.1 Å². The Kier molecular flexibility index (Phi) is 7.99. The number of rotatable bonds is 9. The summed E-state index contributed by atoms with van der Waals surface area (Å²) in [6.45, 7) is 4.64. The van der Waals surface area contributed by atoms with Gasteiger partial charge in [0.1, 0.15) is 0 Å². The molecule has 0 aliphatic rings. The first-order valence-electron chi connectivity index (χ1n) is 9.53. The summed E-state index contributed by atoms with van der Waals surface area (Å²) in [6.07, 6.45) is 0.943. The van der Waals surface area contributed by atoms with Crippen LogP contribution in [0.15, 0.2) is 41.3 Å². The molecular weight excluding hydrogens is 456 g/mol. The fourth-order valence-corrected chi connectivity index (χ4v) is 4.77. The van der Waals surface area contributed by atoms with E-state index in [1.165, 1.54) is 25.1 Å². The lowest BCUT2D eigenvalue weighted by atomic mass is 10.1. The molecule has 174 valence electrons. The quantitative estimate of drug-likeness (QED) is 0.396. The van der Waals surface area contributed by atoms with Gasteiger partial charge in [-0.25, -0.2) is 21.6 Å². The molecule has 0 aliphatic carbocycles. The van der Waals surface area contributed by atoms with E-state index in [1.54, 1.807) is 26.0 Å². The Labute approximate surface area is 187 Å². The van der Waals surface area contributed by atoms with Crippen molar-refractivity contribution in [1.29, 1.82) is 0 Å². The average Bonchev–Trinajstić information content (AvgIpc) is 2.66. The fourth-order valence-electron chi connectivity index (χ4n) is 2.83. The molecule has 0 fully saturated rings. The average molecular weight is 483 g/mol. The number of carbonyl (C=O) groups excluding carboxylic acids is 2. The van der Waals surface area contributed by atoms with E-state index < -0.39 is 26.0 Å². The molecule has 0 saturated heterocycles. The molecule has 32 heavy (non-hydrogen) atoms. The first kappa shape index (κ1) is 25.3. The molecule has 0 aliphatic heterocycles. The number of aryl methyl sites for hydroxylation is 2. The molecule has 2 amide bonds. The van der Waals surface area contributed by atoms with E-state index in [2.05, 4.69) is 20.1 Å². The van der Waals surface area contributed by atoms with Crippen molar-refractivity contribution in [3.63, 3.8) is 0 Å². The molecule has 2 aromatic carbocycles. The van der Waals surface area contributed by atoms with Crippen LogP contribution >= 0.6 is 0 Å². The van der Waals surface area contributed by atoms with Gasteiger partial charge in [-0.1, -0.05) is 12.1 Å². The van der Waals surface area contributed by atoms with Crippen LogP contribution in [-0.2, 0) is 24.8 Å². The number of sulfonamides is 2. The second-order valence-electron chi connectivity index (χ2n) is 7.24. The van der Waals surface area contributed by atoms with E-state index in [9.17, 15) is 26.4 Å². The van der Waals surface area contributed by atoms with E-state index in [4.69, 9.17) is 0 Å². The van der Waals surface area contributed by atoms with Crippen LogP contribution in [0.5, 0.6) is 0 Å². The smallest absolute Gasteiger partial charge is 0.253 e. The highest BCUT2D eigenvalue weighted by Gasteiger charge is 2.18. The highest BCUT2D eigenvalue weighted by Crippen LogP contribution is 2.22. The number of anilines is 2. The molecule has 0 aromatic heterocycles. The van der Waals surface area contributed by atoms with Crippen LogP contribution in [0, 0.1) is 13.8 Å². The third-order valence-electron chi connectivity index (χ3n) is 4.22. The maximum absolute atomic E-state index is 12.6. The number of benzene rings is 2. The van der Waals surface area contributed by atoms with Crippen molar-refractivity contribution < 1.29 is 26.4 Å². The van der Waals surface area contributed by atoms with Crippen molar-refractivity contribution >= 4 is 43.2 Å². The molecule has 0 unspecified atom stereocenters. The fraction of sp³-hybridized carbons (Fsp3) is 0.300. The van der Waals surface area contributed by atoms with E-state index in [-0.39, 0.29) is 35.1 Å². The summed E-state index contributed by atoms with van der Waals surface area (Å²) in [5.74, 6) is -1.00. The van der Waals surface area contributed by atoms with Crippen LogP contribution < -0.4 is 20.1 Å². The van der Waals surface area contributed by atoms with E-state index >= 15 is 0 Å². The lowest BCUT2D eigenvalue weighted by molar-refractivity contribution is -0.114. The minimum absolute atomic E-state index is 0.0232. The van der Waals surface area contributed by atoms with Gasteiger partial charge in [0.05, 0.1) is 22.4 Å². The highest BCUT2D eigenvalue weighted by atomic mass is 32.2. The Morgan fingerprint density at radius 2 is 1.62 bits per heavy atom. The topological polar surface area (TPSA) is 151 Å². The second kappa shape index (κ2) is 10.1. The molecule has 0 spiro atoms. The SMILES string of the molecule is CC(=O)Nc1ccc(NS(C)(=O)=O)c(C(=O)NCCNS(=O)(=O)c2cc(C)ccc2C)c1. The summed E-state index contributed by atoms with van der Waals surface area (Å²) in [5.41, 5.74) is 1.69. The molecule has 4 N–H and O–H groups in total. The zero-order valence-electron chi connectivity index (χ0n) is 18.1. The first-order valence-corrected chi connectivity index (χ1v) is 12.9. The molecule has 2 aromatic rings. The molecule has 0 bridgehead atoms. The number of hydrogen-bond acceptors (Lipinski definition) is 6. The van der Waals surface area contributed by atoms with Gasteiger partial charge in [0, 0.05) is 25.7 Å². The number of carbonyl (C=O) groups is 2. The van der Waals surface area contributed by atoms with Crippen LogP contribution in [0.25, 0.3) is 0 Å². The van der Waals surface area contributed by atoms with Crippen molar-refractivity contribution in [2.45, 2.75) is 25.7 Å².